The molecule has 0 fully saturated rings. The monoisotopic (exact) mass is 442 g/mol. The van der Waals surface area contributed by atoms with Crippen LogP contribution in [-0.4, -0.2) is 42.3 Å². The zero-order valence-electron chi connectivity index (χ0n) is 15.1. The summed E-state index contributed by atoms with van der Waals surface area (Å²) in [7, 11) is 0. The number of ether oxygens (including phenoxy) is 1. The van der Waals surface area contributed by atoms with Crippen LogP contribution < -0.4 is 10.5 Å². The second-order valence-electron chi connectivity index (χ2n) is 6.05. The zero-order chi connectivity index (χ0) is 20.3. The molecule has 0 aliphatic carbocycles. The van der Waals surface area contributed by atoms with E-state index in [9.17, 15) is 9.18 Å². The third-order valence-corrected chi connectivity index (χ3v) is 3.92. The number of hydrogen-bond donors (Lipinski definition) is 2. The Bertz CT molecular complexity index is 1020. The molecule has 154 valence electrons. The van der Waals surface area contributed by atoms with Crippen LogP contribution in [0, 0.1) is 12.7 Å². The number of pyridine rings is 1. The number of hydrogen-bond acceptors (Lipinski definition) is 7. The lowest BCUT2D eigenvalue weighted by Crippen LogP contribution is -2.30. The largest absolute Gasteiger partial charge is 0.481 e. The number of rotatable bonds is 7. The van der Waals surface area contributed by atoms with Crippen LogP contribution in [0.25, 0.3) is 11.4 Å². The minimum Gasteiger partial charge on any atom is -0.481 e. The summed E-state index contributed by atoms with van der Waals surface area (Å²) in [4.78, 5) is 15.7. The second kappa shape index (κ2) is 9.59. The van der Waals surface area contributed by atoms with E-state index < -0.39 is 17.8 Å². The second-order valence-corrected chi connectivity index (χ2v) is 6.48. The Kier molecular flexibility index (Phi) is 7.43. The van der Waals surface area contributed by atoms with E-state index in [4.69, 9.17) is 27.2 Å². The first-order chi connectivity index (χ1) is 13.3. The minimum atomic E-state index is -0.995. The molecule has 3 aromatic rings. The maximum atomic E-state index is 13.8. The van der Waals surface area contributed by atoms with Crippen LogP contribution in [-0.2, 0) is 11.3 Å². The van der Waals surface area contributed by atoms with Crippen molar-refractivity contribution in [3.8, 4) is 23.0 Å². The van der Waals surface area contributed by atoms with Gasteiger partial charge in [0, 0.05) is 17.8 Å². The lowest BCUT2D eigenvalue weighted by Gasteiger charge is -2.08. The number of carbonyl (C=O) groups is 1. The van der Waals surface area contributed by atoms with Gasteiger partial charge >= 0.3 is 5.97 Å². The molecule has 3 N–H and O–H groups in total. The summed E-state index contributed by atoms with van der Waals surface area (Å²) in [6.45, 7) is 1.94. The molecule has 9 nitrogen and oxygen atoms in total. The van der Waals surface area contributed by atoms with E-state index in [1.54, 1.807) is 18.2 Å². The van der Waals surface area contributed by atoms with E-state index in [1.165, 1.54) is 11.0 Å². The number of aliphatic carboxylic acids is 1. The summed E-state index contributed by atoms with van der Waals surface area (Å²) >= 11 is 5.68. The molecule has 0 aliphatic rings. The topological polar surface area (TPSA) is 129 Å². The van der Waals surface area contributed by atoms with Crippen molar-refractivity contribution in [2.45, 2.75) is 25.9 Å². The molecular weight excluding hydrogens is 426 g/mol. The Morgan fingerprint density at radius 2 is 2.17 bits per heavy atom. The van der Waals surface area contributed by atoms with Crippen molar-refractivity contribution >= 4 is 30.0 Å². The van der Waals surface area contributed by atoms with Gasteiger partial charge in [-0.1, -0.05) is 11.6 Å². The van der Waals surface area contributed by atoms with Gasteiger partial charge in [-0.25, -0.2) is 9.37 Å². The van der Waals surface area contributed by atoms with Gasteiger partial charge in [-0.05, 0) is 42.0 Å². The van der Waals surface area contributed by atoms with E-state index in [1.807, 2.05) is 6.92 Å². The number of aryl methyl sites for hydroxylation is 1. The van der Waals surface area contributed by atoms with E-state index in [0.717, 1.165) is 11.6 Å². The van der Waals surface area contributed by atoms with Gasteiger partial charge < -0.3 is 15.6 Å². The molecule has 0 aliphatic heterocycles. The van der Waals surface area contributed by atoms with Crippen LogP contribution in [0.1, 0.15) is 12.0 Å². The highest BCUT2D eigenvalue weighted by atomic mass is 35.5. The van der Waals surface area contributed by atoms with Crippen LogP contribution in [0.3, 0.4) is 0 Å². The smallest absolute Gasteiger partial charge is 0.304 e. The lowest BCUT2D eigenvalue weighted by molar-refractivity contribution is -0.137. The molecule has 1 aromatic carbocycles. The number of nitrogens with zero attached hydrogens (tertiary/aromatic N) is 5. The highest BCUT2D eigenvalue weighted by Gasteiger charge is 2.14. The highest BCUT2D eigenvalue weighted by molar-refractivity contribution is 6.30. The Balaban J connectivity index is 0.00000300. The first-order valence-corrected chi connectivity index (χ1v) is 8.54. The highest BCUT2D eigenvalue weighted by Crippen LogP contribution is 2.28. The molecule has 2 aromatic heterocycles. The Labute approximate surface area is 176 Å². The number of carboxylic acid groups (broad SMARTS) is 1. The van der Waals surface area contributed by atoms with Crippen molar-refractivity contribution in [3.63, 3.8) is 0 Å². The van der Waals surface area contributed by atoms with Gasteiger partial charge in [0.15, 0.2) is 5.82 Å². The van der Waals surface area contributed by atoms with Crippen molar-refractivity contribution in [2.75, 3.05) is 0 Å². The molecule has 0 saturated heterocycles. The summed E-state index contributed by atoms with van der Waals surface area (Å²) in [5.74, 6) is -1.12. The number of tetrazole rings is 1. The molecule has 0 amide bonds. The molecular formula is C17H17Cl2FN6O3. The normalized spacial score (nSPS) is 11.6. The van der Waals surface area contributed by atoms with Gasteiger partial charge in [-0.3, -0.25) is 4.79 Å². The summed E-state index contributed by atoms with van der Waals surface area (Å²) < 4.78 is 19.3. The number of aromatic nitrogens is 5. The number of halogens is 3. The Hall–Kier alpha value is -2.82. The van der Waals surface area contributed by atoms with E-state index >= 15 is 0 Å². The van der Waals surface area contributed by atoms with Gasteiger partial charge in [0.2, 0.25) is 5.82 Å². The zero-order valence-corrected chi connectivity index (χ0v) is 16.7. The maximum absolute atomic E-state index is 13.8. The average Bonchev–Trinajstić information content (AvgIpc) is 3.04. The van der Waals surface area contributed by atoms with Crippen LogP contribution >= 0.6 is 24.0 Å². The summed E-state index contributed by atoms with van der Waals surface area (Å²) in [6, 6.07) is 5.49. The van der Waals surface area contributed by atoms with Gasteiger partial charge in [0.1, 0.15) is 5.75 Å². The molecule has 2 heterocycles. The van der Waals surface area contributed by atoms with Gasteiger partial charge in [-0.15, -0.1) is 22.6 Å². The molecule has 3 rings (SSSR count). The van der Waals surface area contributed by atoms with Crippen LogP contribution in [0.5, 0.6) is 11.6 Å². The molecule has 1 unspecified atom stereocenters. The van der Waals surface area contributed by atoms with Crippen molar-refractivity contribution in [3.05, 3.63) is 46.9 Å². The molecule has 0 radical (unpaired) electrons. The summed E-state index contributed by atoms with van der Waals surface area (Å²) in [5, 5.41) is 21.0. The fourth-order valence-electron chi connectivity index (χ4n) is 2.47. The molecule has 0 saturated carbocycles. The van der Waals surface area contributed by atoms with Gasteiger partial charge in [-0.2, -0.15) is 4.80 Å². The van der Waals surface area contributed by atoms with Crippen molar-refractivity contribution in [1.82, 2.24) is 25.2 Å². The molecule has 0 bridgehead atoms. The predicted octanol–water partition coefficient (Wildman–Crippen LogP) is 2.85. The van der Waals surface area contributed by atoms with E-state index in [-0.39, 0.29) is 36.3 Å². The van der Waals surface area contributed by atoms with Crippen molar-refractivity contribution in [1.29, 1.82) is 0 Å². The van der Waals surface area contributed by atoms with Crippen LogP contribution in [0.2, 0.25) is 5.02 Å². The Morgan fingerprint density at radius 1 is 1.41 bits per heavy atom. The van der Waals surface area contributed by atoms with Gasteiger partial charge in [0.25, 0.3) is 5.88 Å². The third-order valence-electron chi connectivity index (χ3n) is 3.71. The standard InChI is InChI=1S/C17H16ClFN6O3.ClH/c1-9-4-12(28-17-14(19)5-10(18)7-21-17)2-3-13(9)16-22-24-25(23-16)8-11(20)6-15(26)27;/h2-5,7,11H,6,8,20H2,1H3,(H,26,27);1H. The van der Waals surface area contributed by atoms with Crippen LogP contribution in [0.15, 0.2) is 30.5 Å². The quantitative estimate of drug-likeness (QED) is 0.571. The molecule has 12 heteroatoms. The van der Waals surface area contributed by atoms with Crippen molar-refractivity contribution in [2.24, 2.45) is 5.73 Å². The van der Waals surface area contributed by atoms with E-state index in [2.05, 4.69) is 20.4 Å². The third kappa shape index (κ3) is 5.83. The fraction of sp³-hybridized carbons (Fsp3) is 0.235. The first kappa shape index (κ1) is 22.5. The first-order valence-electron chi connectivity index (χ1n) is 8.17. The fourth-order valence-corrected chi connectivity index (χ4v) is 2.61. The minimum absolute atomic E-state index is 0. The van der Waals surface area contributed by atoms with E-state index in [0.29, 0.717) is 17.1 Å². The van der Waals surface area contributed by atoms with Crippen molar-refractivity contribution < 1.29 is 19.0 Å². The summed E-state index contributed by atoms with van der Waals surface area (Å²) in [5.41, 5.74) is 7.18. The number of nitrogens with two attached hydrogens (primary N) is 1. The summed E-state index contributed by atoms with van der Waals surface area (Å²) in [6.07, 6.45) is 1.09. The molecule has 1 atom stereocenters. The Morgan fingerprint density at radius 3 is 2.83 bits per heavy atom. The predicted molar refractivity (Wildman–Crippen MR) is 105 cm³/mol. The number of benzene rings is 1. The SMILES string of the molecule is Cc1cc(Oc2ncc(Cl)cc2F)ccc1-c1nnn(CC(N)CC(=O)O)n1.Cl. The number of carboxylic acids is 1. The van der Waals surface area contributed by atoms with Crippen LogP contribution in [0.4, 0.5) is 4.39 Å². The van der Waals surface area contributed by atoms with Gasteiger partial charge in [0.05, 0.1) is 18.0 Å². The maximum Gasteiger partial charge on any atom is 0.304 e. The molecule has 29 heavy (non-hydrogen) atoms. The average molecular weight is 443 g/mol. The lowest BCUT2D eigenvalue weighted by atomic mass is 10.1. The molecule has 0 spiro atoms.